The highest BCUT2D eigenvalue weighted by Crippen LogP contribution is 2.29. The minimum atomic E-state index is -0.874. The Morgan fingerprint density at radius 1 is 1.07 bits per heavy atom. The zero-order valence-electron chi connectivity index (χ0n) is 16.7. The van der Waals surface area contributed by atoms with Crippen molar-refractivity contribution in [2.24, 2.45) is 0 Å². The summed E-state index contributed by atoms with van der Waals surface area (Å²) in [7, 11) is 1.67. The van der Waals surface area contributed by atoms with Gasteiger partial charge in [0.25, 0.3) is 0 Å². The van der Waals surface area contributed by atoms with Gasteiger partial charge in [0, 0.05) is 11.7 Å². The van der Waals surface area contributed by atoms with Gasteiger partial charge >= 0.3 is 0 Å². The molecule has 2 aromatic carbocycles. The summed E-state index contributed by atoms with van der Waals surface area (Å²) in [4.78, 5) is 27.8. The number of likely N-dealkylation sites (N-methyl/N-ethyl adjacent to an activating group) is 1. The maximum Gasteiger partial charge on any atom is 0.248 e. The van der Waals surface area contributed by atoms with Crippen LogP contribution in [-0.2, 0) is 9.59 Å². The monoisotopic (exact) mass is 397 g/mol. The molecule has 0 heterocycles. The average Bonchev–Trinajstić information content (AvgIpc) is 2.73. The van der Waals surface area contributed by atoms with Crippen LogP contribution in [0.15, 0.2) is 54.6 Å². The molecule has 1 saturated carbocycles. The van der Waals surface area contributed by atoms with Crippen molar-refractivity contribution in [2.75, 3.05) is 18.5 Å². The maximum atomic E-state index is 14.0. The molecule has 0 radical (unpaired) electrons. The number of anilines is 1. The van der Waals surface area contributed by atoms with Crippen LogP contribution in [0.3, 0.4) is 0 Å². The lowest BCUT2D eigenvalue weighted by atomic mass is 9.94. The van der Waals surface area contributed by atoms with Crippen LogP contribution in [0.1, 0.15) is 43.7 Å². The summed E-state index contributed by atoms with van der Waals surface area (Å²) < 4.78 is 14.0. The van der Waals surface area contributed by atoms with Gasteiger partial charge in [-0.2, -0.15) is 0 Å². The quantitative estimate of drug-likeness (QED) is 0.751. The first-order valence-corrected chi connectivity index (χ1v) is 10.2. The summed E-state index contributed by atoms with van der Waals surface area (Å²) in [6.45, 7) is 0.0382. The Hall–Kier alpha value is -2.73. The maximum absolute atomic E-state index is 14.0. The van der Waals surface area contributed by atoms with E-state index in [0.29, 0.717) is 11.3 Å². The molecule has 0 saturated heterocycles. The first-order valence-electron chi connectivity index (χ1n) is 10.2. The van der Waals surface area contributed by atoms with Crippen LogP contribution in [-0.4, -0.2) is 31.4 Å². The number of amides is 2. The third kappa shape index (κ3) is 5.41. The average molecular weight is 397 g/mol. The number of hydrogen-bond donors (Lipinski definition) is 2. The molecule has 0 spiro atoms. The number of nitrogens with one attached hydrogen (secondary N) is 2. The highest BCUT2D eigenvalue weighted by atomic mass is 19.1. The van der Waals surface area contributed by atoms with E-state index in [1.807, 2.05) is 30.3 Å². The summed E-state index contributed by atoms with van der Waals surface area (Å²) >= 11 is 0. The van der Waals surface area contributed by atoms with Crippen molar-refractivity contribution in [2.45, 2.75) is 44.2 Å². The molecule has 1 atom stereocenters. The Bertz CT molecular complexity index is 822. The van der Waals surface area contributed by atoms with Crippen molar-refractivity contribution < 1.29 is 14.0 Å². The molecule has 0 aliphatic heterocycles. The van der Waals surface area contributed by atoms with Crippen LogP contribution in [0.25, 0.3) is 0 Å². The number of carbonyl (C=O) groups excluding carboxylic acids is 2. The minimum Gasteiger partial charge on any atom is -0.351 e. The van der Waals surface area contributed by atoms with E-state index in [2.05, 4.69) is 10.6 Å². The lowest BCUT2D eigenvalue weighted by Crippen LogP contribution is -2.49. The van der Waals surface area contributed by atoms with Crippen molar-refractivity contribution in [3.05, 3.63) is 66.0 Å². The highest BCUT2D eigenvalue weighted by Gasteiger charge is 2.33. The van der Waals surface area contributed by atoms with Crippen molar-refractivity contribution in [3.63, 3.8) is 0 Å². The van der Waals surface area contributed by atoms with E-state index >= 15 is 0 Å². The Morgan fingerprint density at radius 3 is 2.45 bits per heavy atom. The molecule has 1 aliphatic rings. The smallest absolute Gasteiger partial charge is 0.248 e. The zero-order chi connectivity index (χ0) is 20.6. The minimum absolute atomic E-state index is 0.0382. The van der Waals surface area contributed by atoms with Gasteiger partial charge in [0.2, 0.25) is 11.8 Å². The summed E-state index contributed by atoms with van der Waals surface area (Å²) in [6, 6.07) is 14.2. The first-order chi connectivity index (χ1) is 14.1. The number of carbonyl (C=O) groups is 2. The van der Waals surface area contributed by atoms with Gasteiger partial charge in [-0.3, -0.25) is 14.5 Å². The van der Waals surface area contributed by atoms with Crippen LogP contribution < -0.4 is 15.5 Å². The third-order valence-corrected chi connectivity index (χ3v) is 5.26. The molecular weight excluding hydrogens is 369 g/mol. The molecule has 1 aliphatic carbocycles. The Kier molecular flexibility index (Phi) is 7.36. The van der Waals surface area contributed by atoms with Gasteiger partial charge in [-0.25, -0.2) is 4.39 Å². The summed E-state index contributed by atoms with van der Waals surface area (Å²) in [5.74, 6) is -0.994. The molecule has 6 heteroatoms. The third-order valence-electron chi connectivity index (χ3n) is 5.26. The molecule has 29 heavy (non-hydrogen) atoms. The molecular formula is C23H28FN3O2. The number of hydrogen-bond acceptors (Lipinski definition) is 3. The molecule has 3 rings (SSSR count). The zero-order valence-corrected chi connectivity index (χ0v) is 16.7. The Balaban J connectivity index is 2.00. The van der Waals surface area contributed by atoms with Gasteiger partial charge in [-0.15, -0.1) is 0 Å². The molecule has 2 N–H and O–H groups in total. The van der Waals surface area contributed by atoms with Crippen LogP contribution >= 0.6 is 0 Å². The lowest BCUT2D eigenvalue weighted by molar-refractivity contribution is -0.127. The molecule has 5 nitrogen and oxygen atoms in total. The van der Waals surface area contributed by atoms with Gasteiger partial charge in [0.15, 0.2) is 0 Å². The van der Waals surface area contributed by atoms with Gasteiger partial charge in [0.1, 0.15) is 11.9 Å². The summed E-state index contributed by atoms with van der Waals surface area (Å²) in [5.41, 5.74) is 1.05. The molecule has 2 aromatic rings. The molecule has 2 amide bonds. The van der Waals surface area contributed by atoms with Gasteiger partial charge in [-0.05, 0) is 43.7 Å². The fourth-order valence-corrected chi connectivity index (χ4v) is 3.88. The van der Waals surface area contributed by atoms with Crippen molar-refractivity contribution in [3.8, 4) is 0 Å². The Morgan fingerprint density at radius 2 is 1.79 bits per heavy atom. The largest absolute Gasteiger partial charge is 0.351 e. The van der Waals surface area contributed by atoms with Crippen LogP contribution in [0.5, 0.6) is 0 Å². The van der Waals surface area contributed by atoms with E-state index < -0.39 is 11.9 Å². The molecule has 154 valence electrons. The normalized spacial score (nSPS) is 15.5. The van der Waals surface area contributed by atoms with Crippen LogP contribution in [0, 0.1) is 5.82 Å². The van der Waals surface area contributed by atoms with Gasteiger partial charge < -0.3 is 10.6 Å². The predicted octanol–water partition coefficient (Wildman–Crippen LogP) is 3.57. The van der Waals surface area contributed by atoms with E-state index in [9.17, 15) is 14.0 Å². The standard InChI is InChI=1S/C23H28FN3O2/c1-25-16-21(28)27(20-14-8-11-18(24)15-20)22(17-9-4-2-5-10-17)23(29)26-19-12-6-3-7-13-19/h2,4-5,8-11,14-15,19,22,25H,3,6-7,12-13,16H2,1H3,(H,26,29). The van der Waals surface area contributed by atoms with Crippen molar-refractivity contribution >= 4 is 17.5 Å². The van der Waals surface area contributed by atoms with Crippen molar-refractivity contribution in [1.82, 2.24) is 10.6 Å². The molecule has 0 bridgehead atoms. The SMILES string of the molecule is CNCC(=O)N(c1cccc(F)c1)C(C(=O)NC1CCCCC1)c1ccccc1. The molecule has 0 aromatic heterocycles. The first kappa shape index (κ1) is 21.0. The van der Waals surface area contributed by atoms with E-state index in [0.717, 1.165) is 25.7 Å². The number of benzene rings is 2. The fraction of sp³-hybridized carbons (Fsp3) is 0.391. The Labute approximate surface area is 171 Å². The van der Waals surface area contributed by atoms with E-state index in [4.69, 9.17) is 0 Å². The van der Waals surface area contributed by atoms with Gasteiger partial charge in [-0.1, -0.05) is 55.7 Å². The second-order valence-electron chi connectivity index (χ2n) is 7.43. The summed E-state index contributed by atoms with van der Waals surface area (Å²) in [6.07, 6.45) is 5.25. The predicted molar refractivity (Wildman–Crippen MR) is 112 cm³/mol. The number of halogens is 1. The van der Waals surface area contributed by atoms with Gasteiger partial charge in [0.05, 0.1) is 6.54 Å². The highest BCUT2D eigenvalue weighted by molar-refractivity contribution is 6.02. The topological polar surface area (TPSA) is 61.4 Å². The summed E-state index contributed by atoms with van der Waals surface area (Å²) in [5, 5.41) is 5.97. The second kappa shape index (κ2) is 10.2. The second-order valence-corrected chi connectivity index (χ2v) is 7.43. The number of rotatable bonds is 7. The van der Waals surface area contributed by atoms with E-state index in [1.165, 1.54) is 23.5 Å². The lowest BCUT2D eigenvalue weighted by Gasteiger charge is -2.33. The van der Waals surface area contributed by atoms with E-state index in [1.54, 1.807) is 19.2 Å². The molecule has 1 unspecified atom stereocenters. The van der Waals surface area contributed by atoms with E-state index in [-0.39, 0.29) is 24.4 Å². The number of nitrogens with zero attached hydrogens (tertiary/aromatic N) is 1. The van der Waals surface area contributed by atoms with Crippen LogP contribution in [0.4, 0.5) is 10.1 Å². The fourth-order valence-electron chi connectivity index (χ4n) is 3.88. The molecule has 1 fully saturated rings. The van der Waals surface area contributed by atoms with Crippen molar-refractivity contribution in [1.29, 1.82) is 0 Å². The van der Waals surface area contributed by atoms with Crippen LogP contribution in [0.2, 0.25) is 0 Å².